The Morgan fingerprint density at radius 2 is 2.10 bits per heavy atom. The van der Waals surface area contributed by atoms with Crippen molar-refractivity contribution in [3.05, 3.63) is 40.8 Å². The maximum atomic E-state index is 12.1. The smallest absolute Gasteiger partial charge is 0.277 e. The lowest BCUT2D eigenvalue weighted by molar-refractivity contribution is 0.101. The number of carbonyl (C=O) groups excluding carboxylic acids is 1. The van der Waals surface area contributed by atoms with Crippen LogP contribution in [0.5, 0.6) is 0 Å². The molecule has 0 spiro atoms. The van der Waals surface area contributed by atoms with Gasteiger partial charge in [0.2, 0.25) is 0 Å². The van der Waals surface area contributed by atoms with Gasteiger partial charge in [-0.3, -0.25) is 4.79 Å². The maximum absolute atomic E-state index is 12.1. The topological polar surface area (TPSA) is 90.4 Å². The van der Waals surface area contributed by atoms with Gasteiger partial charge < -0.3 is 20.3 Å². The van der Waals surface area contributed by atoms with E-state index in [0.717, 1.165) is 11.1 Å². The van der Waals surface area contributed by atoms with Gasteiger partial charge in [-0.15, -0.1) is 0 Å². The minimum atomic E-state index is -0.330. The largest absolute Gasteiger partial charge is 0.399 e. The van der Waals surface area contributed by atoms with Gasteiger partial charge >= 0.3 is 0 Å². The van der Waals surface area contributed by atoms with E-state index in [0.29, 0.717) is 17.1 Å². The number of carbonyl (C=O) groups is 1. The number of ether oxygens (including phenoxy) is 1. The Morgan fingerprint density at radius 3 is 2.80 bits per heavy atom. The fraction of sp³-hybridized carbons (Fsp3) is 0.286. The van der Waals surface area contributed by atoms with Gasteiger partial charge in [-0.05, 0) is 37.1 Å². The highest BCUT2D eigenvalue weighted by molar-refractivity contribution is 6.03. The summed E-state index contributed by atoms with van der Waals surface area (Å²) in [5.74, 6) is 0.172. The lowest BCUT2D eigenvalue weighted by Crippen LogP contribution is -2.13. The Labute approximate surface area is 116 Å². The molecule has 1 heterocycles. The Hall–Kier alpha value is -2.34. The average molecular weight is 275 g/mol. The van der Waals surface area contributed by atoms with E-state index in [1.54, 1.807) is 13.2 Å². The second-order valence-corrected chi connectivity index (χ2v) is 4.59. The standard InChI is InChI=1S/C14H17N3O3/c1-8-5-12(9(2)4-11(8)15)16-14(18)13-6-10(7-19-3)20-17-13/h4-6H,7,15H2,1-3H3,(H,16,18). The van der Waals surface area contributed by atoms with Crippen LogP contribution in [0.4, 0.5) is 11.4 Å². The van der Waals surface area contributed by atoms with E-state index < -0.39 is 0 Å². The highest BCUT2D eigenvalue weighted by Crippen LogP contribution is 2.22. The summed E-state index contributed by atoms with van der Waals surface area (Å²) in [6.07, 6.45) is 0. The summed E-state index contributed by atoms with van der Waals surface area (Å²) in [5, 5.41) is 6.50. The van der Waals surface area contributed by atoms with Crippen LogP contribution in [0.15, 0.2) is 22.7 Å². The molecular weight excluding hydrogens is 258 g/mol. The van der Waals surface area contributed by atoms with Crippen LogP contribution in [0, 0.1) is 13.8 Å². The molecule has 0 radical (unpaired) electrons. The molecule has 3 N–H and O–H groups in total. The summed E-state index contributed by atoms with van der Waals surface area (Å²) in [5.41, 5.74) is 9.23. The third-order valence-corrected chi connectivity index (χ3v) is 2.94. The lowest BCUT2D eigenvalue weighted by atomic mass is 10.1. The quantitative estimate of drug-likeness (QED) is 0.835. The van der Waals surface area contributed by atoms with Crippen molar-refractivity contribution in [3.8, 4) is 0 Å². The molecule has 0 aliphatic heterocycles. The molecule has 0 unspecified atom stereocenters. The monoisotopic (exact) mass is 275 g/mol. The maximum Gasteiger partial charge on any atom is 0.277 e. The molecule has 0 atom stereocenters. The molecule has 106 valence electrons. The van der Waals surface area contributed by atoms with Crippen molar-refractivity contribution in [1.82, 2.24) is 5.16 Å². The molecule has 20 heavy (non-hydrogen) atoms. The summed E-state index contributed by atoms with van der Waals surface area (Å²) < 4.78 is 9.89. The Bertz CT molecular complexity index is 635. The van der Waals surface area contributed by atoms with E-state index >= 15 is 0 Å². The summed E-state index contributed by atoms with van der Waals surface area (Å²) in [7, 11) is 1.54. The van der Waals surface area contributed by atoms with Crippen molar-refractivity contribution < 1.29 is 14.1 Å². The molecule has 2 rings (SSSR count). The number of aryl methyl sites for hydroxylation is 2. The number of hydrogen-bond acceptors (Lipinski definition) is 5. The first-order valence-electron chi connectivity index (χ1n) is 6.14. The van der Waals surface area contributed by atoms with E-state index in [4.69, 9.17) is 15.0 Å². The lowest BCUT2D eigenvalue weighted by Gasteiger charge is -2.10. The number of amides is 1. The molecule has 1 aromatic heterocycles. The third kappa shape index (κ3) is 2.97. The van der Waals surface area contributed by atoms with E-state index in [1.807, 2.05) is 26.0 Å². The molecule has 2 aromatic rings. The summed E-state index contributed by atoms with van der Waals surface area (Å²) in [6, 6.07) is 5.21. The molecule has 0 aliphatic rings. The molecule has 0 saturated carbocycles. The normalized spacial score (nSPS) is 10.6. The zero-order valence-corrected chi connectivity index (χ0v) is 11.7. The second-order valence-electron chi connectivity index (χ2n) is 4.59. The Kier molecular flexibility index (Phi) is 4.05. The number of nitrogens with two attached hydrogens (primary N) is 1. The highest BCUT2D eigenvalue weighted by atomic mass is 16.5. The van der Waals surface area contributed by atoms with Crippen molar-refractivity contribution in [2.75, 3.05) is 18.2 Å². The van der Waals surface area contributed by atoms with Crippen LogP contribution in [0.2, 0.25) is 0 Å². The van der Waals surface area contributed by atoms with Crippen molar-refractivity contribution in [3.63, 3.8) is 0 Å². The number of rotatable bonds is 4. The highest BCUT2D eigenvalue weighted by Gasteiger charge is 2.14. The van der Waals surface area contributed by atoms with Gasteiger partial charge in [0.1, 0.15) is 6.61 Å². The third-order valence-electron chi connectivity index (χ3n) is 2.94. The van der Waals surface area contributed by atoms with Gasteiger partial charge in [-0.1, -0.05) is 5.16 Å². The predicted octanol–water partition coefficient (Wildman–Crippen LogP) is 2.27. The van der Waals surface area contributed by atoms with Crippen molar-refractivity contribution in [2.24, 2.45) is 0 Å². The molecule has 1 amide bonds. The number of hydrogen-bond donors (Lipinski definition) is 2. The SMILES string of the molecule is COCc1cc(C(=O)Nc2cc(C)c(N)cc2C)no1. The minimum absolute atomic E-state index is 0.214. The molecule has 0 bridgehead atoms. The second kappa shape index (κ2) is 5.75. The fourth-order valence-electron chi connectivity index (χ4n) is 1.79. The van der Waals surface area contributed by atoms with E-state index in [1.165, 1.54) is 0 Å². The summed E-state index contributed by atoms with van der Waals surface area (Å²) in [4.78, 5) is 12.1. The van der Waals surface area contributed by atoms with E-state index in [2.05, 4.69) is 10.5 Å². The molecule has 6 heteroatoms. The predicted molar refractivity (Wildman–Crippen MR) is 75.5 cm³/mol. The van der Waals surface area contributed by atoms with Crippen molar-refractivity contribution in [1.29, 1.82) is 0 Å². The first-order valence-corrected chi connectivity index (χ1v) is 6.14. The first-order chi connectivity index (χ1) is 9.51. The molecular formula is C14H17N3O3. The van der Waals surface area contributed by atoms with E-state index in [-0.39, 0.29) is 18.2 Å². The average Bonchev–Trinajstić information content (AvgIpc) is 2.85. The van der Waals surface area contributed by atoms with Gasteiger partial charge in [0, 0.05) is 24.6 Å². The van der Waals surface area contributed by atoms with Crippen LogP contribution < -0.4 is 11.1 Å². The number of anilines is 2. The number of methoxy groups -OCH3 is 1. The zero-order valence-electron chi connectivity index (χ0n) is 11.7. The summed E-state index contributed by atoms with van der Waals surface area (Å²) >= 11 is 0. The Morgan fingerprint density at radius 1 is 1.35 bits per heavy atom. The van der Waals surface area contributed by atoms with Gasteiger partial charge in [-0.2, -0.15) is 0 Å². The van der Waals surface area contributed by atoms with Crippen LogP contribution in [-0.2, 0) is 11.3 Å². The number of benzene rings is 1. The zero-order chi connectivity index (χ0) is 14.7. The molecule has 0 fully saturated rings. The van der Waals surface area contributed by atoms with Crippen LogP contribution in [0.3, 0.4) is 0 Å². The van der Waals surface area contributed by atoms with Crippen molar-refractivity contribution >= 4 is 17.3 Å². The summed E-state index contributed by atoms with van der Waals surface area (Å²) in [6.45, 7) is 4.04. The van der Waals surface area contributed by atoms with Gasteiger partial charge in [0.05, 0.1) is 0 Å². The van der Waals surface area contributed by atoms with Crippen LogP contribution in [0.1, 0.15) is 27.4 Å². The molecule has 6 nitrogen and oxygen atoms in total. The van der Waals surface area contributed by atoms with Crippen LogP contribution in [0.25, 0.3) is 0 Å². The molecule has 0 saturated heterocycles. The number of nitrogens with one attached hydrogen (secondary N) is 1. The molecule has 0 aliphatic carbocycles. The number of nitrogen functional groups attached to an aromatic ring is 1. The van der Waals surface area contributed by atoms with Gasteiger partial charge in [-0.25, -0.2) is 0 Å². The van der Waals surface area contributed by atoms with Crippen LogP contribution in [-0.4, -0.2) is 18.2 Å². The minimum Gasteiger partial charge on any atom is -0.399 e. The van der Waals surface area contributed by atoms with Crippen molar-refractivity contribution in [2.45, 2.75) is 20.5 Å². The van der Waals surface area contributed by atoms with E-state index in [9.17, 15) is 4.79 Å². The van der Waals surface area contributed by atoms with Gasteiger partial charge in [0.25, 0.3) is 5.91 Å². The Balaban J connectivity index is 2.16. The fourth-order valence-corrected chi connectivity index (χ4v) is 1.79. The van der Waals surface area contributed by atoms with Gasteiger partial charge in [0.15, 0.2) is 11.5 Å². The molecule has 1 aromatic carbocycles. The first kappa shape index (κ1) is 14.1. The number of aromatic nitrogens is 1. The van der Waals surface area contributed by atoms with Crippen LogP contribution >= 0.6 is 0 Å². The number of nitrogens with zero attached hydrogens (tertiary/aromatic N) is 1.